The summed E-state index contributed by atoms with van der Waals surface area (Å²) in [4.78, 5) is 75.9. The molecule has 4 atom stereocenters. The van der Waals surface area contributed by atoms with Crippen LogP contribution < -0.4 is 10.6 Å². The van der Waals surface area contributed by atoms with Crippen molar-refractivity contribution in [2.45, 2.75) is 69.9 Å². The first-order valence-corrected chi connectivity index (χ1v) is 17.2. The summed E-state index contributed by atoms with van der Waals surface area (Å²) in [6, 6.07) is 3.40. The van der Waals surface area contributed by atoms with E-state index in [9.17, 15) is 32.3 Å². The maximum atomic E-state index is 14.3. The highest BCUT2D eigenvalue weighted by molar-refractivity contribution is 5.86. The molecule has 5 heterocycles. The molecule has 6 rings (SSSR count). The van der Waals surface area contributed by atoms with Crippen LogP contribution in [0.2, 0.25) is 0 Å². The number of hydrogen-bond acceptors (Lipinski definition) is 10. The van der Waals surface area contributed by atoms with Gasteiger partial charge in [0.2, 0.25) is 11.8 Å². The van der Waals surface area contributed by atoms with Gasteiger partial charge in [0, 0.05) is 42.2 Å². The number of likely N-dealkylation sites (tertiary alicyclic amines) is 2. The van der Waals surface area contributed by atoms with Gasteiger partial charge in [-0.05, 0) is 39.5 Å². The number of nitrogens with zero attached hydrogens (tertiary/aromatic N) is 6. The van der Waals surface area contributed by atoms with Crippen molar-refractivity contribution in [2.24, 2.45) is 0 Å². The van der Waals surface area contributed by atoms with Crippen LogP contribution in [0.25, 0.3) is 33.9 Å². The second kappa shape index (κ2) is 15.5. The molecule has 1 aromatic carbocycles. The lowest BCUT2D eigenvalue weighted by atomic mass is 10.1. The zero-order chi connectivity index (χ0) is 38.7. The molecule has 2 aliphatic rings. The van der Waals surface area contributed by atoms with E-state index in [4.69, 9.17) is 0 Å². The Morgan fingerprint density at radius 1 is 0.759 bits per heavy atom. The highest BCUT2D eigenvalue weighted by atomic mass is 19.4. The summed E-state index contributed by atoms with van der Waals surface area (Å²) in [6.45, 7) is 3.87. The quantitative estimate of drug-likeness (QED) is 0.185. The van der Waals surface area contributed by atoms with E-state index in [1.807, 2.05) is 0 Å². The van der Waals surface area contributed by atoms with Crippen LogP contribution in [0, 0.1) is 0 Å². The third-order valence-corrected chi connectivity index (χ3v) is 9.46. The number of rotatable bonds is 9. The number of methoxy groups -OCH3 is 2. The van der Waals surface area contributed by atoms with Crippen LogP contribution in [-0.4, -0.2) is 103 Å². The van der Waals surface area contributed by atoms with Gasteiger partial charge in [0.25, 0.3) is 0 Å². The Morgan fingerprint density at radius 3 is 1.80 bits per heavy atom. The first-order valence-electron chi connectivity index (χ1n) is 17.2. The van der Waals surface area contributed by atoms with Crippen LogP contribution in [0.1, 0.15) is 69.0 Å². The summed E-state index contributed by atoms with van der Waals surface area (Å²) in [7, 11) is 2.39. The lowest BCUT2D eigenvalue weighted by molar-refractivity contribution is -0.140. The Kier molecular flexibility index (Phi) is 10.9. The lowest BCUT2D eigenvalue weighted by Crippen LogP contribution is -2.46. The fraction of sp³-hybridized carbons (Fsp3) is 0.429. The Labute approximate surface area is 307 Å². The molecule has 4 aromatic rings. The predicted octanol–water partition coefficient (Wildman–Crippen LogP) is 4.76. The molecule has 2 saturated heterocycles. The van der Waals surface area contributed by atoms with Gasteiger partial charge in [-0.25, -0.2) is 29.5 Å². The summed E-state index contributed by atoms with van der Waals surface area (Å²) in [5, 5.41) is 4.90. The summed E-state index contributed by atoms with van der Waals surface area (Å²) in [5.41, 5.74) is 0.641. The van der Waals surface area contributed by atoms with Gasteiger partial charge in [-0.15, -0.1) is 0 Å². The number of imidazole rings is 2. The number of carbonyl (C=O) groups is 4. The smallest absolute Gasteiger partial charge is 0.433 e. The van der Waals surface area contributed by atoms with E-state index >= 15 is 0 Å². The number of aromatic nitrogens is 6. The lowest BCUT2D eigenvalue weighted by Gasteiger charge is -2.26. The second-order valence-electron chi connectivity index (χ2n) is 13.0. The first kappa shape index (κ1) is 37.7. The number of carbonyl (C=O) groups excluding carboxylic acids is 4. The molecule has 0 spiro atoms. The SMILES string of the molecule is COC(=O)N[C@@H](C)C(=O)N1CCC[C@H]1c1ncc(-c2cnc(-c3ccc(-c4nc([C@@H]5CCCN5C(=O)[C@H](C)NC(=O)OC)[nH]c4C(F)(F)F)cc3)nc2)[nH]1. The van der Waals surface area contributed by atoms with E-state index in [2.05, 4.69) is 50.0 Å². The van der Waals surface area contributed by atoms with Gasteiger partial charge in [0.1, 0.15) is 35.1 Å². The standard InChI is InChI=1S/C35H39F3N10O6/c1-18(42-33(51)53-3)31(49)47-13-5-7-24(47)29-41-17-23(44-29)22-15-39-28(40-16-22)21-11-9-20(10-12-21)26-27(35(36,37)38)46-30(45-26)25-8-6-14-48(25)32(50)19(2)43-34(52)54-4/h9-12,15-19,24-25H,5-8,13-14H2,1-4H3,(H,41,44)(H,42,51)(H,43,52)(H,45,46)/t18-,19-,24-,25-/m0/s1. The molecule has 0 radical (unpaired) electrons. The van der Waals surface area contributed by atoms with E-state index in [1.165, 1.54) is 31.1 Å². The highest BCUT2D eigenvalue weighted by Gasteiger charge is 2.41. The van der Waals surface area contributed by atoms with Crippen molar-refractivity contribution in [2.75, 3.05) is 27.3 Å². The molecule has 286 valence electrons. The molecule has 4 N–H and O–H groups in total. The second-order valence-corrected chi connectivity index (χ2v) is 13.0. The van der Waals surface area contributed by atoms with E-state index in [-0.39, 0.29) is 29.0 Å². The molecule has 0 saturated carbocycles. The number of H-pyrrole nitrogens is 2. The minimum atomic E-state index is -4.76. The predicted molar refractivity (Wildman–Crippen MR) is 185 cm³/mol. The molecule has 0 bridgehead atoms. The fourth-order valence-corrected chi connectivity index (χ4v) is 6.73. The van der Waals surface area contributed by atoms with Crippen LogP contribution in [0.3, 0.4) is 0 Å². The zero-order valence-electron chi connectivity index (χ0n) is 29.9. The maximum absolute atomic E-state index is 14.3. The molecule has 2 fully saturated rings. The molecule has 0 unspecified atom stereocenters. The Hall–Kier alpha value is -6.01. The van der Waals surface area contributed by atoms with Crippen molar-refractivity contribution < 1.29 is 41.8 Å². The van der Waals surface area contributed by atoms with Crippen molar-refractivity contribution in [1.82, 2.24) is 50.3 Å². The Balaban J connectivity index is 1.16. The van der Waals surface area contributed by atoms with Crippen molar-refractivity contribution in [3.63, 3.8) is 0 Å². The molecule has 0 aliphatic carbocycles. The molecule has 2 aliphatic heterocycles. The minimum Gasteiger partial charge on any atom is -0.453 e. The average Bonchev–Trinajstić information content (AvgIpc) is 4.00. The van der Waals surface area contributed by atoms with Crippen molar-refractivity contribution in [3.8, 4) is 33.9 Å². The van der Waals surface area contributed by atoms with Crippen LogP contribution >= 0.6 is 0 Å². The summed E-state index contributed by atoms with van der Waals surface area (Å²) in [5.74, 6) is 0.188. The third kappa shape index (κ3) is 7.84. The average molecular weight is 753 g/mol. The number of halogens is 3. The fourth-order valence-electron chi connectivity index (χ4n) is 6.73. The van der Waals surface area contributed by atoms with Crippen molar-refractivity contribution in [1.29, 1.82) is 0 Å². The number of aromatic amines is 2. The summed E-state index contributed by atoms with van der Waals surface area (Å²) < 4.78 is 52.0. The number of hydrogen-bond donors (Lipinski definition) is 4. The van der Waals surface area contributed by atoms with Gasteiger partial charge in [0.05, 0.1) is 38.2 Å². The highest BCUT2D eigenvalue weighted by Crippen LogP contribution is 2.40. The number of alkyl halides is 3. The minimum absolute atomic E-state index is 0.00391. The first-order chi connectivity index (χ1) is 25.8. The van der Waals surface area contributed by atoms with Crippen LogP contribution in [0.5, 0.6) is 0 Å². The Bertz CT molecular complexity index is 2000. The topological polar surface area (TPSA) is 200 Å². The zero-order valence-corrected chi connectivity index (χ0v) is 29.9. The van der Waals surface area contributed by atoms with Gasteiger partial charge < -0.3 is 39.9 Å². The molecule has 3 aromatic heterocycles. The van der Waals surface area contributed by atoms with E-state index in [0.29, 0.717) is 60.8 Å². The van der Waals surface area contributed by atoms with Crippen molar-refractivity contribution >= 4 is 24.0 Å². The van der Waals surface area contributed by atoms with Crippen LogP contribution in [0.15, 0.2) is 42.9 Å². The number of alkyl carbamates (subject to hydrolysis) is 2. The Morgan fingerprint density at radius 2 is 1.28 bits per heavy atom. The van der Waals surface area contributed by atoms with E-state index in [1.54, 1.807) is 42.5 Å². The third-order valence-electron chi connectivity index (χ3n) is 9.46. The van der Waals surface area contributed by atoms with Crippen LogP contribution in [-0.2, 0) is 25.2 Å². The number of ether oxygens (including phenoxy) is 2. The van der Waals surface area contributed by atoms with E-state index < -0.39 is 48.1 Å². The van der Waals surface area contributed by atoms with Gasteiger partial charge in [0.15, 0.2) is 5.82 Å². The normalized spacial score (nSPS) is 18.3. The molecule has 54 heavy (non-hydrogen) atoms. The van der Waals surface area contributed by atoms with Gasteiger partial charge >= 0.3 is 18.4 Å². The molecule has 16 nitrogen and oxygen atoms in total. The maximum Gasteiger partial charge on any atom is 0.433 e. The van der Waals surface area contributed by atoms with E-state index in [0.717, 1.165) is 13.5 Å². The molecular weight excluding hydrogens is 713 g/mol. The number of nitrogens with one attached hydrogen (secondary N) is 4. The molecule has 19 heteroatoms. The largest absolute Gasteiger partial charge is 0.453 e. The van der Waals surface area contributed by atoms with Gasteiger partial charge in [-0.1, -0.05) is 24.3 Å². The van der Waals surface area contributed by atoms with Gasteiger partial charge in [-0.2, -0.15) is 13.2 Å². The van der Waals surface area contributed by atoms with Crippen LogP contribution in [0.4, 0.5) is 22.8 Å². The molecule has 4 amide bonds. The number of benzene rings is 1. The van der Waals surface area contributed by atoms with Crippen molar-refractivity contribution in [3.05, 3.63) is 60.2 Å². The number of amides is 4. The summed E-state index contributed by atoms with van der Waals surface area (Å²) >= 11 is 0. The monoisotopic (exact) mass is 752 g/mol. The van der Waals surface area contributed by atoms with Gasteiger partial charge in [-0.3, -0.25) is 9.59 Å². The summed E-state index contributed by atoms with van der Waals surface area (Å²) in [6.07, 6.45) is 0.938. The molecular formula is C35H39F3N10O6.